The molecule has 5 atom stereocenters. The summed E-state index contributed by atoms with van der Waals surface area (Å²) in [6, 6.07) is 0. The molecule has 21 heavy (non-hydrogen) atoms. The summed E-state index contributed by atoms with van der Waals surface area (Å²) in [7, 11) is 0. The van der Waals surface area contributed by atoms with Crippen LogP contribution in [0.5, 0.6) is 0 Å². The Morgan fingerprint density at radius 2 is 2.14 bits per heavy atom. The van der Waals surface area contributed by atoms with Crippen LogP contribution in [0.15, 0.2) is 23.8 Å². The van der Waals surface area contributed by atoms with E-state index in [1.807, 2.05) is 0 Å². The molecule has 1 aliphatic carbocycles. The molecule has 0 bridgehead atoms. The van der Waals surface area contributed by atoms with Crippen LogP contribution in [0.4, 0.5) is 0 Å². The van der Waals surface area contributed by atoms with Crippen LogP contribution in [0.25, 0.3) is 0 Å². The van der Waals surface area contributed by atoms with Gasteiger partial charge in [-0.1, -0.05) is 37.6 Å². The van der Waals surface area contributed by atoms with E-state index in [1.165, 1.54) is 49.7 Å². The lowest BCUT2D eigenvalue weighted by atomic mass is 9.74. The van der Waals surface area contributed by atoms with Gasteiger partial charge in [0.05, 0.1) is 12.2 Å². The lowest BCUT2D eigenvalue weighted by Gasteiger charge is -2.43. The van der Waals surface area contributed by atoms with Gasteiger partial charge >= 0.3 is 0 Å². The molecule has 2 rings (SSSR count). The second kappa shape index (κ2) is 7.63. The maximum absolute atomic E-state index is 6.45. The van der Waals surface area contributed by atoms with Crippen molar-refractivity contribution >= 4 is 0 Å². The molecule has 1 nitrogen and oxygen atoms in total. The van der Waals surface area contributed by atoms with E-state index < -0.39 is 0 Å². The van der Waals surface area contributed by atoms with Crippen LogP contribution in [0, 0.1) is 17.8 Å². The number of rotatable bonds is 5. The fraction of sp³-hybridized carbons (Fsp3) is 0.800. The van der Waals surface area contributed by atoms with Gasteiger partial charge in [-0.05, 0) is 70.6 Å². The molecular formula is C20H34O. The molecule has 1 saturated carbocycles. The van der Waals surface area contributed by atoms with Crippen molar-refractivity contribution in [3.8, 4) is 0 Å². The first-order chi connectivity index (χ1) is 9.95. The second-order valence-electron chi connectivity index (χ2n) is 7.88. The van der Waals surface area contributed by atoms with Gasteiger partial charge in [-0.15, -0.1) is 0 Å². The molecule has 1 aliphatic heterocycles. The molecular weight excluding hydrogens is 256 g/mol. The molecule has 0 aromatic rings. The van der Waals surface area contributed by atoms with E-state index in [0.717, 1.165) is 18.3 Å². The van der Waals surface area contributed by atoms with Gasteiger partial charge in [-0.25, -0.2) is 0 Å². The Balaban J connectivity index is 1.81. The lowest BCUT2D eigenvalue weighted by molar-refractivity contribution is -0.0906. The highest BCUT2D eigenvalue weighted by molar-refractivity contribution is 5.10. The molecule has 0 N–H and O–H groups in total. The van der Waals surface area contributed by atoms with Gasteiger partial charge in [-0.2, -0.15) is 0 Å². The van der Waals surface area contributed by atoms with Crippen molar-refractivity contribution in [2.75, 3.05) is 0 Å². The third-order valence-corrected chi connectivity index (χ3v) is 5.31. The fourth-order valence-electron chi connectivity index (χ4n) is 4.05. The number of hydrogen-bond donors (Lipinski definition) is 0. The van der Waals surface area contributed by atoms with Crippen molar-refractivity contribution in [3.63, 3.8) is 0 Å². The van der Waals surface area contributed by atoms with Crippen molar-refractivity contribution < 1.29 is 4.74 Å². The van der Waals surface area contributed by atoms with Gasteiger partial charge in [0.1, 0.15) is 0 Å². The van der Waals surface area contributed by atoms with Gasteiger partial charge < -0.3 is 4.74 Å². The van der Waals surface area contributed by atoms with Crippen LogP contribution in [0.2, 0.25) is 0 Å². The molecule has 2 fully saturated rings. The van der Waals surface area contributed by atoms with E-state index in [-0.39, 0.29) is 0 Å². The monoisotopic (exact) mass is 290 g/mol. The lowest BCUT2D eigenvalue weighted by Crippen LogP contribution is -2.40. The topological polar surface area (TPSA) is 9.23 Å². The van der Waals surface area contributed by atoms with Gasteiger partial charge in [0, 0.05) is 5.92 Å². The van der Waals surface area contributed by atoms with Crippen molar-refractivity contribution in [2.45, 2.75) is 84.8 Å². The highest BCUT2D eigenvalue weighted by atomic mass is 16.5. The summed E-state index contributed by atoms with van der Waals surface area (Å²) < 4.78 is 6.45. The van der Waals surface area contributed by atoms with Crippen LogP contribution in [0.1, 0.15) is 72.6 Å². The molecule has 0 amide bonds. The largest absolute Gasteiger partial charge is 0.374 e. The Hall–Kier alpha value is -0.560. The summed E-state index contributed by atoms with van der Waals surface area (Å²) >= 11 is 0. The van der Waals surface area contributed by atoms with E-state index in [9.17, 15) is 0 Å². The number of ether oxygens (including phenoxy) is 1. The fourth-order valence-corrected chi connectivity index (χ4v) is 4.05. The van der Waals surface area contributed by atoms with Crippen molar-refractivity contribution in [2.24, 2.45) is 17.8 Å². The minimum Gasteiger partial charge on any atom is -0.374 e. The van der Waals surface area contributed by atoms with E-state index in [4.69, 9.17) is 4.74 Å². The second-order valence-corrected chi connectivity index (χ2v) is 7.88. The molecule has 0 unspecified atom stereocenters. The molecule has 0 aromatic carbocycles. The molecule has 120 valence electrons. The molecule has 0 aromatic heterocycles. The third kappa shape index (κ3) is 4.98. The number of hydrogen-bond acceptors (Lipinski definition) is 1. The van der Waals surface area contributed by atoms with Crippen LogP contribution in [-0.2, 0) is 4.74 Å². The van der Waals surface area contributed by atoms with E-state index in [0.29, 0.717) is 18.1 Å². The third-order valence-electron chi connectivity index (χ3n) is 5.31. The first kappa shape index (κ1) is 16.8. The number of allylic oxidation sites excluding steroid dienone is 2. The summed E-state index contributed by atoms with van der Waals surface area (Å²) in [5.41, 5.74) is 2.91. The van der Waals surface area contributed by atoms with Gasteiger partial charge in [0.25, 0.3) is 0 Å². The SMILES string of the molecule is C=C1C[C@@H](C[C@@H](C)CCC=C(C)C)O[C@H]2C[C@@H](C)CC[C@H]12. The Morgan fingerprint density at radius 1 is 1.38 bits per heavy atom. The van der Waals surface area contributed by atoms with Crippen LogP contribution >= 0.6 is 0 Å². The zero-order chi connectivity index (χ0) is 15.4. The Labute approximate surface area is 131 Å². The van der Waals surface area contributed by atoms with Crippen molar-refractivity contribution in [3.05, 3.63) is 23.8 Å². The summed E-state index contributed by atoms with van der Waals surface area (Å²) in [4.78, 5) is 0. The number of fused-ring (bicyclic) bond motifs is 1. The first-order valence-electron chi connectivity index (χ1n) is 8.92. The van der Waals surface area contributed by atoms with Crippen LogP contribution < -0.4 is 0 Å². The van der Waals surface area contributed by atoms with Crippen LogP contribution in [-0.4, -0.2) is 12.2 Å². The van der Waals surface area contributed by atoms with Crippen LogP contribution in [0.3, 0.4) is 0 Å². The normalized spacial score (nSPS) is 34.2. The maximum Gasteiger partial charge on any atom is 0.0646 e. The molecule has 0 spiro atoms. The molecule has 2 aliphatic rings. The summed E-state index contributed by atoms with van der Waals surface area (Å²) in [6.45, 7) is 13.5. The molecule has 1 heterocycles. The zero-order valence-corrected chi connectivity index (χ0v) is 14.5. The Bertz CT molecular complexity index is 377. The van der Waals surface area contributed by atoms with Crippen molar-refractivity contribution in [1.29, 1.82) is 0 Å². The Kier molecular flexibility index (Phi) is 6.10. The van der Waals surface area contributed by atoms with E-state index >= 15 is 0 Å². The molecule has 1 saturated heterocycles. The zero-order valence-electron chi connectivity index (χ0n) is 14.5. The van der Waals surface area contributed by atoms with Gasteiger partial charge in [0.15, 0.2) is 0 Å². The predicted octanol–water partition coefficient (Wildman–Crippen LogP) is 5.91. The smallest absolute Gasteiger partial charge is 0.0646 e. The highest BCUT2D eigenvalue weighted by Gasteiger charge is 2.37. The minimum atomic E-state index is 0.422. The average Bonchev–Trinajstić information content (AvgIpc) is 2.37. The minimum absolute atomic E-state index is 0.422. The summed E-state index contributed by atoms with van der Waals surface area (Å²) in [5.74, 6) is 2.22. The van der Waals surface area contributed by atoms with Crippen molar-refractivity contribution in [1.82, 2.24) is 0 Å². The average molecular weight is 290 g/mol. The Morgan fingerprint density at radius 3 is 2.86 bits per heavy atom. The highest BCUT2D eigenvalue weighted by Crippen LogP contribution is 2.41. The first-order valence-corrected chi connectivity index (χ1v) is 8.92. The quantitative estimate of drug-likeness (QED) is 0.572. The summed E-state index contributed by atoms with van der Waals surface area (Å²) in [6.07, 6.45) is 11.9. The standard InChI is InChI=1S/C20H34O/c1-14(2)7-6-8-15(3)11-18-13-17(5)19-10-9-16(4)12-20(19)21-18/h7,15-16,18-20H,5-6,8-13H2,1-4H3/t15-,16-,18+,19+,20-/m0/s1. The van der Waals surface area contributed by atoms with Gasteiger partial charge in [-0.3, -0.25) is 0 Å². The van der Waals surface area contributed by atoms with E-state index in [1.54, 1.807) is 0 Å². The molecule has 0 radical (unpaired) electrons. The summed E-state index contributed by atoms with van der Waals surface area (Å²) in [5, 5.41) is 0. The van der Waals surface area contributed by atoms with E-state index in [2.05, 4.69) is 40.3 Å². The predicted molar refractivity (Wildman–Crippen MR) is 91.4 cm³/mol. The molecule has 1 heteroatoms. The van der Waals surface area contributed by atoms with Gasteiger partial charge in [0.2, 0.25) is 0 Å². The maximum atomic E-state index is 6.45.